The number of piperidine rings is 1. The molecule has 1 unspecified atom stereocenters. The van der Waals surface area contributed by atoms with Gasteiger partial charge in [0.05, 0.1) is 5.75 Å². The van der Waals surface area contributed by atoms with Gasteiger partial charge in [0.25, 0.3) is 0 Å². The van der Waals surface area contributed by atoms with E-state index in [0.717, 1.165) is 25.8 Å². The highest BCUT2D eigenvalue weighted by molar-refractivity contribution is 7.89. The van der Waals surface area contributed by atoms with Gasteiger partial charge in [0, 0.05) is 32.6 Å². The van der Waals surface area contributed by atoms with Gasteiger partial charge in [0.15, 0.2) is 0 Å². The molecule has 3 rings (SSSR count). The van der Waals surface area contributed by atoms with Crippen molar-refractivity contribution in [2.75, 3.05) is 46.0 Å². The molecule has 1 atom stereocenters. The summed E-state index contributed by atoms with van der Waals surface area (Å²) in [5.41, 5.74) is 2.61. The molecule has 2 aliphatic rings. The highest BCUT2D eigenvalue weighted by Gasteiger charge is 2.46. The van der Waals surface area contributed by atoms with E-state index in [2.05, 4.69) is 28.4 Å². The molecule has 1 saturated heterocycles. The Hall–Kier alpha value is -2.18. The molecule has 0 saturated carbocycles. The maximum absolute atomic E-state index is 12.5. The van der Waals surface area contributed by atoms with Gasteiger partial charge in [-0.2, -0.15) is 13.2 Å². The standard InChI is InChI=1S/C21H33N3O3S.C2HF3O2/c1-4-28(26,27)24-12-9-21(10-13-24)16-17(18-7-5-6-8-19(18)21)15-20(25)22-11-14-23(2)3;3-2(4,5)1(6)7/h5-8,17H,4,9-16H2,1-3H3,(H,22,25);(H,6,7). The second-order valence-corrected chi connectivity index (χ2v) is 11.5. The molecule has 0 aromatic heterocycles. The zero-order chi connectivity index (χ0) is 26.4. The minimum atomic E-state index is -5.08. The number of halogens is 3. The Morgan fingerprint density at radius 3 is 2.29 bits per heavy atom. The van der Waals surface area contributed by atoms with Crippen LogP contribution in [0.2, 0.25) is 0 Å². The molecule has 0 radical (unpaired) electrons. The normalized spacial score (nSPS) is 19.7. The fraction of sp³-hybridized carbons (Fsp3) is 0.652. The lowest BCUT2D eigenvalue weighted by Crippen LogP contribution is -2.44. The number of aliphatic carboxylic acids is 1. The van der Waals surface area contributed by atoms with Crippen LogP contribution in [0.3, 0.4) is 0 Å². The van der Waals surface area contributed by atoms with Crippen LogP contribution in [0, 0.1) is 0 Å². The molecule has 1 aliphatic carbocycles. The number of hydrogen-bond donors (Lipinski definition) is 2. The predicted molar refractivity (Wildman–Crippen MR) is 126 cm³/mol. The van der Waals surface area contributed by atoms with Crippen LogP contribution >= 0.6 is 0 Å². The van der Waals surface area contributed by atoms with Crippen molar-refractivity contribution in [2.45, 2.75) is 50.1 Å². The van der Waals surface area contributed by atoms with Crippen LogP contribution in [-0.2, 0) is 25.0 Å². The van der Waals surface area contributed by atoms with Gasteiger partial charge in [-0.05, 0) is 62.7 Å². The summed E-state index contributed by atoms with van der Waals surface area (Å²) >= 11 is 0. The van der Waals surface area contributed by atoms with Crippen LogP contribution in [-0.4, -0.2) is 86.8 Å². The summed E-state index contributed by atoms with van der Waals surface area (Å²) in [5, 5.41) is 10.2. The number of likely N-dealkylation sites (N-methyl/N-ethyl adjacent to an activating group) is 1. The van der Waals surface area contributed by atoms with E-state index in [4.69, 9.17) is 9.90 Å². The SMILES string of the molecule is CCS(=O)(=O)N1CCC2(CC1)CC(CC(=O)NCCN(C)C)c1ccccc12.O=C(O)C(F)(F)F. The van der Waals surface area contributed by atoms with Crippen molar-refractivity contribution in [3.05, 3.63) is 35.4 Å². The number of benzene rings is 1. The predicted octanol–water partition coefficient (Wildman–Crippen LogP) is 2.56. The molecule has 2 N–H and O–H groups in total. The van der Waals surface area contributed by atoms with Gasteiger partial charge in [0.2, 0.25) is 15.9 Å². The van der Waals surface area contributed by atoms with Gasteiger partial charge >= 0.3 is 12.1 Å². The minimum Gasteiger partial charge on any atom is -0.475 e. The highest BCUT2D eigenvalue weighted by atomic mass is 32.2. The molecule has 8 nitrogen and oxygen atoms in total. The number of carboxylic acid groups (broad SMARTS) is 1. The Balaban J connectivity index is 0.000000540. The van der Waals surface area contributed by atoms with Crippen molar-refractivity contribution in [2.24, 2.45) is 0 Å². The number of alkyl halides is 3. The van der Waals surface area contributed by atoms with Crippen molar-refractivity contribution in [3.8, 4) is 0 Å². The molecule has 1 amide bonds. The molecule has 198 valence electrons. The van der Waals surface area contributed by atoms with E-state index in [9.17, 15) is 26.4 Å². The number of rotatable bonds is 7. The molecule has 0 bridgehead atoms. The minimum absolute atomic E-state index is 0.00490. The number of amides is 1. The van der Waals surface area contributed by atoms with Gasteiger partial charge in [-0.15, -0.1) is 0 Å². The second-order valence-electron chi connectivity index (χ2n) is 9.23. The van der Waals surface area contributed by atoms with Gasteiger partial charge in [0.1, 0.15) is 0 Å². The molecule has 1 aromatic rings. The van der Waals surface area contributed by atoms with E-state index in [1.807, 2.05) is 20.2 Å². The second kappa shape index (κ2) is 11.7. The molecule has 12 heteroatoms. The molecular formula is C23H34F3N3O5S. The van der Waals surface area contributed by atoms with Crippen LogP contribution in [0.5, 0.6) is 0 Å². The lowest BCUT2D eigenvalue weighted by Gasteiger charge is -2.39. The summed E-state index contributed by atoms with van der Waals surface area (Å²) in [7, 11) is 0.859. The molecule has 1 aromatic carbocycles. The number of fused-ring (bicyclic) bond motifs is 2. The van der Waals surface area contributed by atoms with Crippen molar-refractivity contribution in [1.82, 2.24) is 14.5 Å². The lowest BCUT2D eigenvalue weighted by molar-refractivity contribution is -0.192. The third-order valence-corrected chi connectivity index (χ3v) is 8.48. The molecule has 1 heterocycles. The first-order chi connectivity index (χ1) is 16.2. The van der Waals surface area contributed by atoms with E-state index in [1.54, 1.807) is 11.2 Å². The Morgan fingerprint density at radius 2 is 1.77 bits per heavy atom. The first kappa shape index (κ1) is 29.1. The van der Waals surface area contributed by atoms with Crippen LogP contribution in [0.15, 0.2) is 24.3 Å². The van der Waals surface area contributed by atoms with Crippen molar-refractivity contribution >= 4 is 21.9 Å². The van der Waals surface area contributed by atoms with Crippen molar-refractivity contribution < 1.29 is 36.3 Å². The number of sulfonamides is 1. The fourth-order valence-electron chi connectivity index (χ4n) is 4.77. The first-order valence-corrected chi connectivity index (χ1v) is 13.1. The topological polar surface area (TPSA) is 107 Å². The third-order valence-electron chi connectivity index (χ3n) is 6.60. The van der Waals surface area contributed by atoms with Crippen LogP contribution in [0.25, 0.3) is 0 Å². The summed E-state index contributed by atoms with van der Waals surface area (Å²) in [6.07, 6.45) is -1.97. The average Bonchev–Trinajstić information content (AvgIpc) is 3.06. The van der Waals surface area contributed by atoms with E-state index in [1.165, 1.54) is 11.1 Å². The highest BCUT2D eigenvalue weighted by Crippen LogP contribution is 2.52. The van der Waals surface area contributed by atoms with Crippen molar-refractivity contribution in [1.29, 1.82) is 0 Å². The van der Waals surface area contributed by atoms with Gasteiger partial charge < -0.3 is 15.3 Å². The zero-order valence-corrected chi connectivity index (χ0v) is 21.1. The molecule has 1 aliphatic heterocycles. The number of carbonyl (C=O) groups is 2. The van der Waals surface area contributed by atoms with E-state index in [0.29, 0.717) is 26.1 Å². The first-order valence-electron chi connectivity index (χ1n) is 11.5. The zero-order valence-electron chi connectivity index (χ0n) is 20.3. The Bertz CT molecular complexity index is 990. The van der Waals surface area contributed by atoms with Crippen LogP contribution in [0.4, 0.5) is 13.2 Å². The quantitative estimate of drug-likeness (QED) is 0.571. The summed E-state index contributed by atoms with van der Waals surface area (Å²) in [4.78, 5) is 23.4. The summed E-state index contributed by atoms with van der Waals surface area (Å²) < 4.78 is 57.8. The summed E-state index contributed by atoms with van der Waals surface area (Å²) in [6, 6.07) is 8.45. The smallest absolute Gasteiger partial charge is 0.475 e. The molecular weight excluding hydrogens is 487 g/mol. The maximum Gasteiger partial charge on any atom is 0.490 e. The lowest BCUT2D eigenvalue weighted by atomic mass is 9.73. The monoisotopic (exact) mass is 521 g/mol. The van der Waals surface area contributed by atoms with E-state index >= 15 is 0 Å². The third kappa shape index (κ3) is 7.65. The van der Waals surface area contributed by atoms with Crippen LogP contribution in [0.1, 0.15) is 49.7 Å². The largest absolute Gasteiger partial charge is 0.490 e. The molecule has 35 heavy (non-hydrogen) atoms. The fourth-order valence-corrected chi connectivity index (χ4v) is 5.88. The number of hydrogen-bond acceptors (Lipinski definition) is 5. The molecule has 1 fully saturated rings. The average molecular weight is 522 g/mol. The Kier molecular flexibility index (Phi) is 9.71. The Morgan fingerprint density at radius 1 is 1.20 bits per heavy atom. The van der Waals surface area contributed by atoms with Crippen molar-refractivity contribution in [3.63, 3.8) is 0 Å². The maximum atomic E-state index is 12.5. The number of carbonyl (C=O) groups excluding carboxylic acids is 1. The summed E-state index contributed by atoms with van der Waals surface area (Å²) in [5.74, 6) is -2.28. The van der Waals surface area contributed by atoms with Gasteiger partial charge in [-0.25, -0.2) is 17.5 Å². The number of nitrogens with one attached hydrogen (secondary N) is 1. The van der Waals surface area contributed by atoms with E-state index < -0.39 is 22.2 Å². The summed E-state index contributed by atoms with van der Waals surface area (Å²) in [6.45, 7) is 4.35. The molecule has 1 spiro atoms. The number of carboxylic acids is 1. The van der Waals surface area contributed by atoms with Crippen LogP contribution < -0.4 is 5.32 Å². The Labute approximate surface area is 204 Å². The van der Waals surface area contributed by atoms with Gasteiger partial charge in [-0.1, -0.05) is 24.3 Å². The van der Waals surface area contributed by atoms with E-state index in [-0.39, 0.29) is 23.0 Å². The number of nitrogens with zero attached hydrogens (tertiary/aromatic N) is 2. The van der Waals surface area contributed by atoms with Gasteiger partial charge in [-0.3, -0.25) is 4.79 Å².